The Morgan fingerprint density at radius 3 is 2.50 bits per heavy atom. The van der Waals surface area contributed by atoms with Crippen molar-refractivity contribution in [2.75, 3.05) is 58.4 Å². The van der Waals surface area contributed by atoms with Crippen LogP contribution in [-0.4, -0.2) is 73.0 Å². The number of nitrogens with one attached hydrogen (secondary N) is 2. The number of sulfonamides is 1. The summed E-state index contributed by atoms with van der Waals surface area (Å²) in [6.45, 7) is 8.88. The van der Waals surface area contributed by atoms with Gasteiger partial charge in [-0.1, -0.05) is 30.4 Å². The van der Waals surface area contributed by atoms with Crippen LogP contribution in [0.4, 0.5) is 28.4 Å². The SMILES string of the molecule is CCCS(=O)(=O)Nc1ccc(CN2CCCc3c(N4CCC(CO)CC4)nc(Nc4nc(C)c(C(=O)OCC)s4)nc32)cc1. The molecule has 12 nitrogen and oxygen atoms in total. The van der Waals surface area contributed by atoms with Gasteiger partial charge in [-0.05, 0) is 69.6 Å². The number of nitrogens with zero attached hydrogens (tertiary/aromatic N) is 5. The molecule has 2 aliphatic rings. The van der Waals surface area contributed by atoms with Crippen molar-refractivity contribution in [1.82, 2.24) is 15.0 Å². The third-order valence-corrected chi connectivity index (χ3v) is 10.4. The van der Waals surface area contributed by atoms with Crippen LogP contribution < -0.4 is 19.8 Å². The van der Waals surface area contributed by atoms with Crippen LogP contribution in [0.25, 0.3) is 0 Å². The number of thiazole rings is 1. The number of esters is 1. The summed E-state index contributed by atoms with van der Waals surface area (Å²) in [6.07, 6.45) is 4.14. The van der Waals surface area contributed by atoms with E-state index in [1.54, 1.807) is 26.0 Å². The number of hydrogen-bond donors (Lipinski definition) is 3. The molecule has 0 saturated carbocycles. The number of rotatable bonds is 12. The molecule has 0 atom stereocenters. The highest BCUT2D eigenvalue weighted by atomic mass is 32.2. The molecule has 0 amide bonds. The number of anilines is 5. The fourth-order valence-corrected chi connectivity index (χ4v) is 7.62. The number of fused-ring (bicyclic) bond motifs is 1. The molecule has 44 heavy (non-hydrogen) atoms. The van der Waals surface area contributed by atoms with Gasteiger partial charge in [-0.25, -0.2) is 18.2 Å². The van der Waals surface area contributed by atoms with Crippen molar-refractivity contribution in [3.63, 3.8) is 0 Å². The summed E-state index contributed by atoms with van der Waals surface area (Å²) >= 11 is 1.22. The number of aryl methyl sites for hydroxylation is 1. The van der Waals surface area contributed by atoms with E-state index in [1.165, 1.54) is 11.3 Å². The normalized spacial score (nSPS) is 15.6. The fraction of sp³-hybridized carbons (Fsp3) is 0.533. The molecule has 1 saturated heterocycles. The molecule has 0 aliphatic carbocycles. The summed E-state index contributed by atoms with van der Waals surface area (Å²) in [5, 5.41) is 13.5. The van der Waals surface area contributed by atoms with Gasteiger partial charge in [0.15, 0.2) is 5.13 Å². The van der Waals surface area contributed by atoms with Crippen LogP contribution >= 0.6 is 11.3 Å². The van der Waals surface area contributed by atoms with Crippen LogP contribution in [0.5, 0.6) is 0 Å². The first-order valence-corrected chi connectivity index (χ1v) is 17.7. The maximum atomic E-state index is 12.4. The molecule has 2 aromatic heterocycles. The Morgan fingerprint density at radius 1 is 1.09 bits per heavy atom. The zero-order valence-corrected chi connectivity index (χ0v) is 27.1. The van der Waals surface area contributed by atoms with E-state index >= 15 is 0 Å². The van der Waals surface area contributed by atoms with Gasteiger partial charge in [0, 0.05) is 44.0 Å². The minimum Gasteiger partial charge on any atom is -0.462 e. The van der Waals surface area contributed by atoms with Gasteiger partial charge in [0.2, 0.25) is 16.0 Å². The third-order valence-electron chi connectivity index (χ3n) is 7.84. The van der Waals surface area contributed by atoms with Crippen molar-refractivity contribution in [3.8, 4) is 0 Å². The lowest BCUT2D eigenvalue weighted by atomic mass is 9.97. The molecule has 2 aliphatic heterocycles. The molecule has 238 valence electrons. The quantitative estimate of drug-likeness (QED) is 0.240. The van der Waals surface area contributed by atoms with E-state index < -0.39 is 16.0 Å². The molecule has 0 unspecified atom stereocenters. The third kappa shape index (κ3) is 7.59. The number of aromatic nitrogens is 3. The lowest BCUT2D eigenvalue weighted by Gasteiger charge is -2.37. The first kappa shape index (κ1) is 31.9. The molecule has 3 N–H and O–H groups in total. The van der Waals surface area contributed by atoms with Crippen LogP contribution in [0.15, 0.2) is 24.3 Å². The van der Waals surface area contributed by atoms with Gasteiger partial charge in [0.05, 0.1) is 18.1 Å². The van der Waals surface area contributed by atoms with Crippen LogP contribution in [0.2, 0.25) is 0 Å². The number of benzene rings is 1. The van der Waals surface area contributed by atoms with Crippen LogP contribution in [0.1, 0.15) is 66.0 Å². The Hall–Kier alpha value is -3.49. The van der Waals surface area contributed by atoms with Crippen LogP contribution in [-0.2, 0) is 27.7 Å². The minimum atomic E-state index is -3.36. The Labute approximate surface area is 262 Å². The summed E-state index contributed by atoms with van der Waals surface area (Å²) in [6, 6.07) is 7.47. The van der Waals surface area contributed by atoms with E-state index in [9.17, 15) is 18.3 Å². The number of aliphatic hydroxyl groups excluding tert-OH is 1. The average molecular weight is 644 g/mol. The molecule has 14 heteroatoms. The molecule has 1 fully saturated rings. The van der Waals surface area contributed by atoms with Crippen molar-refractivity contribution in [3.05, 3.63) is 46.0 Å². The number of piperidine rings is 1. The topological polar surface area (TPSA) is 150 Å². The van der Waals surface area contributed by atoms with Crippen molar-refractivity contribution in [2.45, 2.75) is 59.4 Å². The largest absolute Gasteiger partial charge is 0.462 e. The fourth-order valence-electron chi connectivity index (χ4n) is 5.63. The molecule has 4 heterocycles. The predicted octanol–water partition coefficient (Wildman–Crippen LogP) is 4.48. The minimum absolute atomic E-state index is 0.0834. The predicted molar refractivity (Wildman–Crippen MR) is 174 cm³/mol. The molecule has 3 aromatic rings. The summed E-state index contributed by atoms with van der Waals surface area (Å²) in [7, 11) is -3.36. The van der Waals surface area contributed by atoms with Gasteiger partial charge in [0.1, 0.15) is 16.5 Å². The number of ether oxygens (including phenoxy) is 1. The molecule has 5 rings (SSSR count). The maximum Gasteiger partial charge on any atom is 0.350 e. The van der Waals surface area contributed by atoms with E-state index in [0.717, 1.165) is 68.1 Å². The van der Waals surface area contributed by atoms with Gasteiger partial charge in [-0.15, -0.1) is 0 Å². The Morgan fingerprint density at radius 2 is 1.82 bits per heavy atom. The van der Waals surface area contributed by atoms with E-state index in [1.807, 2.05) is 19.1 Å². The van der Waals surface area contributed by atoms with Crippen molar-refractivity contribution < 1.29 is 23.1 Å². The first-order valence-electron chi connectivity index (χ1n) is 15.2. The smallest absolute Gasteiger partial charge is 0.350 e. The highest BCUT2D eigenvalue weighted by molar-refractivity contribution is 7.92. The maximum absolute atomic E-state index is 12.4. The molecule has 1 aromatic carbocycles. The van der Waals surface area contributed by atoms with Gasteiger partial charge in [-0.2, -0.15) is 9.97 Å². The Kier molecular flexibility index (Phi) is 10.2. The highest BCUT2D eigenvalue weighted by Gasteiger charge is 2.29. The zero-order chi connectivity index (χ0) is 31.3. The van der Waals surface area contributed by atoms with Crippen LogP contribution in [0, 0.1) is 12.8 Å². The lowest BCUT2D eigenvalue weighted by Crippen LogP contribution is -2.38. The first-order chi connectivity index (χ1) is 21.2. The molecule has 0 radical (unpaired) electrons. The number of aliphatic hydroxyl groups is 1. The van der Waals surface area contributed by atoms with Crippen LogP contribution in [0.3, 0.4) is 0 Å². The highest BCUT2D eigenvalue weighted by Crippen LogP contribution is 2.37. The van der Waals surface area contributed by atoms with Crippen molar-refractivity contribution in [2.24, 2.45) is 5.92 Å². The molecular formula is C30H41N7O5S2. The van der Waals surface area contributed by atoms with Gasteiger partial charge in [0.25, 0.3) is 0 Å². The van der Waals surface area contributed by atoms with Gasteiger partial charge >= 0.3 is 5.97 Å². The second-order valence-corrected chi connectivity index (χ2v) is 14.0. The second-order valence-electron chi connectivity index (χ2n) is 11.2. The molecule has 0 spiro atoms. The standard InChI is InChI=1S/C30H41N7O5S2/c1-4-17-44(40,41)35-23-10-8-21(9-11-23)18-37-14-6-7-24-26(36-15-12-22(19-38)13-16-36)32-29(33-27(24)37)34-30-31-20(3)25(43-30)28(39)42-5-2/h8-11,22,35,38H,4-7,12-19H2,1-3H3,(H,31,32,33,34). The zero-order valence-electron chi connectivity index (χ0n) is 25.5. The average Bonchev–Trinajstić information content (AvgIpc) is 3.37. The monoisotopic (exact) mass is 643 g/mol. The van der Waals surface area contributed by atoms with E-state index in [2.05, 4.69) is 24.8 Å². The lowest BCUT2D eigenvalue weighted by molar-refractivity contribution is 0.0531. The Balaban J connectivity index is 1.43. The van der Waals surface area contributed by atoms with E-state index in [4.69, 9.17) is 14.7 Å². The summed E-state index contributed by atoms with van der Waals surface area (Å²) in [5.74, 6) is 2.12. The number of carbonyl (C=O) groups is 1. The summed E-state index contributed by atoms with van der Waals surface area (Å²) in [4.78, 5) is 31.9. The van der Waals surface area contributed by atoms with Gasteiger partial charge < -0.3 is 19.6 Å². The summed E-state index contributed by atoms with van der Waals surface area (Å²) in [5.41, 5.74) is 3.26. The number of hydrogen-bond acceptors (Lipinski definition) is 12. The summed E-state index contributed by atoms with van der Waals surface area (Å²) < 4.78 is 32.2. The van der Waals surface area contributed by atoms with Crippen molar-refractivity contribution in [1.29, 1.82) is 0 Å². The van der Waals surface area contributed by atoms with Gasteiger partial charge in [-0.3, -0.25) is 10.0 Å². The van der Waals surface area contributed by atoms with Crippen molar-refractivity contribution >= 4 is 55.7 Å². The number of carbonyl (C=O) groups excluding carboxylic acids is 1. The molecule has 0 bridgehead atoms. The van der Waals surface area contributed by atoms with E-state index in [-0.39, 0.29) is 19.0 Å². The Bertz CT molecular complexity index is 1550. The molecular weight excluding hydrogens is 603 g/mol. The van der Waals surface area contributed by atoms with E-state index in [0.29, 0.717) is 46.2 Å². The second kappa shape index (κ2) is 14.1.